The third-order valence-electron chi connectivity index (χ3n) is 5.34. The van der Waals surface area contributed by atoms with Gasteiger partial charge in [0.2, 0.25) is 11.8 Å². The number of carbonyl (C=O) groups excluding carboxylic acids is 3. The van der Waals surface area contributed by atoms with Crippen LogP contribution in [0.1, 0.15) is 50.4 Å². The predicted octanol–water partition coefficient (Wildman–Crippen LogP) is 1.45. The first-order valence-corrected chi connectivity index (χ1v) is 9.56. The van der Waals surface area contributed by atoms with Crippen molar-refractivity contribution in [1.29, 1.82) is 0 Å². The van der Waals surface area contributed by atoms with Crippen molar-refractivity contribution in [3.63, 3.8) is 0 Å². The Morgan fingerprint density at radius 1 is 1.22 bits per heavy atom. The average Bonchev–Trinajstić information content (AvgIpc) is 3.05. The van der Waals surface area contributed by atoms with Crippen LogP contribution in [0.2, 0.25) is 0 Å². The van der Waals surface area contributed by atoms with Crippen LogP contribution in [0.3, 0.4) is 0 Å². The van der Waals surface area contributed by atoms with Crippen molar-refractivity contribution in [3.8, 4) is 0 Å². The number of nitrogens with zero attached hydrogens (tertiary/aromatic N) is 3. The number of piperidine rings is 1. The van der Waals surface area contributed by atoms with E-state index in [-0.39, 0.29) is 41.6 Å². The van der Waals surface area contributed by atoms with E-state index in [1.165, 1.54) is 0 Å². The monoisotopic (exact) mass is 372 g/mol. The maximum Gasteiger partial charge on any atom is 0.255 e. The summed E-state index contributed by atoms with van der Waals surface area (Å²) in [6, 6.07) is 3.57. The van der Waals surface area contributed by atoms with Crippen LogP contribution in [-0.2, 0) is 9.59 Å². The number of nitrogens with one attached hydrogen (secondary N) is 1. The highest BCUT2D eigenvalue weighted by Crippen LogP contribution is 2.26. The van der Waals surface area contributed by atoms with Gasteiger partial charge in [0.1, 0.15) is 0 Å². The van der Waals surface area contributed by atoms with Crippen molar-refractivity contribution >= 4 is 17.7 Å². The molecule has 2 fully saturated rings. The lowest BCUT2D eigenvalue weighted by atomic mass is 10.0. The first kappa shape index (κ1) is 19.3. The Labute approximate surface area is 160 Å². The summed E-state index contributed by atoms with van der Waals surface area (Å²) < 4.78 is 0. The first-order valence-electron chi connectivity index (χ1n) is 9.56. The number of amides is 3. The highest BCUT2D eigenvalue weighted by atomic mass is 16.2. The number of aromatic nitrogens is 1. The largest absolute Gasteiger partial charge is 0.353 e. The highest BCUT2D eigenvalue weighted by molar-refractivity contribution is 5.94. The van der Waals surface area contributed by atoms with Gasteiger partial charge in [-0.3, -0.25) is 19.4 Å². The maximum absolute atomic E-state index is 12.6. The summed E-state index contributed by atoms with van der Waals surface area (Å²) >= 11 is 0. The molecule has 7 heteroatoms. The van der Waals surface area contributed by atoms with E-state index >= 15 is 0 Å². The molecule has 3 rings (SSSR count). The van der Waals surface area contributed by atoms with Crippen LogP contribution in [0.5, 0.6) is 0 Å². The Hall–Kier alpha value is -2.44. The molecule has 3 amide bonds. The summed E-state index contributed by atoms with van der Waals surface area (Å²) in [5.74, 6) is -0.312. The van der Waals surface area contributed by atoms with E-state index in [9.17, 15) is 14.4 Å². The summed E-state index contributed by atoms with van der Waals surface area (Å²) in [7, 11) is 0. The topological polar surface area (TPSA) is 82.6 Å². The summed E-state index contributed by atoms with van der Waals surface area (Å²) in [5, 5.41) is 3.08. The van der Waals surface area contributed by atoms with Gasteiger partial charge in [0, 0.05) is 50.0 Å². The second-order valence-corrected chi connectivity index (χ2v) is 8.39. The van der Waals surface area contributed by atoms with Gasteiger partial charge in [-0.15, -0.1) is 0 Å². The van der Waals surface area contributed by atoms with Gasteiger partial charge in [0.25, 0.3) is 5.91 Å². The maximum atomic E-state index is 12.6. The smallest absolute Gasteiger partial charge is 0.255 e. The molecule has 27 heavy (non-hydrogen) atoms. The average molecular weight is 372 g/mol. The Morgan fingerprint density at radius 2 is 1.93 bits per heavy atom. The molecule has 0 spiro atoms. The van der Waals surface area contributed by atoms with E-state index in [0.717, 1.165) is 12.8 Å². The molecule has 146 valence electrons. The van der Waals surface area contributed by atoms with Crippen LogP contribution in [0.4, 0.5) is 0 Å². The third-order valence-corrected chi connectivity index (χ3v) is 5.34. The van der Waals surface area contributed by atoms with E-state index in [1.807, 2.05) is 20.8 Å². The van der Waals surface area contributed by atoms with E-state index in [0.29, 0.717) is 25.2 Å². The number of carbonyl (C=O) groups is 3. The van der Waals surface area contributed by atoms with Gasteiger partial charge >= 0.3 is 0 Å². The molecule has 1 atom stereocenters. The van der Waals surface area contributed by atoms with E-state index in [4.69, 9.17) is 0 Å². The van der Waals surface area contributed by atoms with Gasteiger partial charge in [0.15, 0.2) is 0 Å². The Morgan fingerprint density at radius 3 is 2.48 bits per heavy atom. The lowest BCUT2D eigenvalue weighted by Gasteiger charge is -2.33. The molecule has 7 nitrogen and oxygen atoms in total. The van der Waals surface area contributed by atoms with Gasteiger partial charge in [0.05, 0.1) is 11.5 Å². The molecule has 3 heterocycles. The number of rotatable bonds is 3. The van der Waals surface area contributed by atoms with Gasteiger partial charge in [-0.05, 0) is 45.7 Å². The molecular formula is C20H28N4O3. The second kappa shape index (κ2) is 7.66. The number of likely N-dealkylation sites (tertiary alicyclic amines) is 2. The second-order valence-electron chi connectivity index (χ2n) is 8.39. The normalized spacial score (nSPS) is 21.4. The van der Waals surface area contributed by atoms with Gasteiger partial charge in [-0.2, -0.15) is 0 Å². The summed E-state index contributed by atoms with van der Waals surface area (Å²) in [5.41, 5.74) is 0.330. The third kappa shape index (κ3) is 4.46. The molecule has 0 aliphatic carbocycles. The Kier molecular flexibility index (Phi) is 5.48. The van der Waals surface area contributed by atoms with Gasteiger partial charge in [-0.1, -0.05) is 0 Å². The van der Waals surface area contributed by atoms with Gasteiger partial charge in [-0.25, -0.2) is 0 Å². The van der Waals surface area contributed by atoms with Crippen LogP contribution in [-0.4, -0.2) is 63.7 Å². The fourth-order valence-electron chi connectivity index (χ4n) is 3.75. The lowest BCUT2D eigenvalue weighted by Crippen LogP contribution is -2.48. The van der Waals surface area contributed by atoms with Crippen molar-refractivity contribution < 1.29 is 14.4 Å². The molecule has 1 aromatic heterocycles. The van der Waals surface area contributed by atoms with E-state index in [2.05, 4.69) is 10.3 Å². The summed E-state index contributed by atoms with van der Waals surface area (Å²) in [4.78, 5) is 44.8. The number of hydrogen-bond acceptors (Lipinski definition) is 4. The fourth-order valence-corrected chi connectivity index (χ4v) is 3.75. The van der Waals surface area contributed by atoms with Crippen molar-refractivity contribution in [1.82, 2.24) is 20.1 Å². The lowest BCUT2D eigenvalue weighted by molar-refractivity contribution is -0.132. The molecule has 1 aromatic rings. The van der Waals surface area contributed by atoms with Gasteiger partial charge < -0.3 is 15.1 Å². The fraction of sp³-hybridized carbons (Fsp3) is 0.600. The SMILES string of the molecule is CC(C)(C)N1CC(C(=O)NC2CCN(C(=O)c3cccnc3)CC2)CC1=O. The van der Waals surface area contributed by atoms with Crippen molar-refractivity contribution in [3.05, 3.63) is 30.1 Å². The minimum Gasteiger partial charge on any atom is -0.353 e. The molecule has 2 aliphatic heterocycles. The molecule has 1 N–H and O–H groups in total. The van der Waals surface area contributed by atoms with Crippen molar-refractivity contribution in [2.45, 2.75) is 51.6 Å². The zero-order valence-corrected chi connectivity index (χ0v) is 16.3. The highest BCUT2D eigenvalue weighted by Gasteiger charge is 2.40. The molecule has 0 radical (unpaired) electrons. The van der Waals surface area contributed by atoms with E-state index < -0.39 is 0 Å². The molecule has 2 aliphatic rings. The van der Waals surface area contributed by atoms with Crippen LogP contribution in [0, 0.1) is 5.92 Å². The minimum atomic E-state index is -0.285. The summed E-state index contributed by atoms with van der Waals surface area (Å²) in [6.07, 6.45) is 4.95. The summed E-state index contributed by atoms with van der Waals surface area (Å²) in [6.45, 7) is 7.65. The van der Waals surface area contributed by atoms with Crippen molar-refractivity contribution in [2.24, 2.45) is 5.92 Å². The van der Waals surface area contributed by atoms with Crippen molar-refractivity contribution in [2.75, 3.05) is 19.6 Å². The molecule has 2 saturated heterocycles. The number of hydrogen-bond donors (Lipinski definition) is 1. The first-order chi connectivity index (χ1) is 12.8. The van der Waals surface area contributed by atoms with Crippen LogP contribution < -0.4 is 5.32 Å². The van der Waals surface area contributed by atoms with Crippen LogP contribution in [0.15, 0.2) is 24.5 Å². The quantitative estimate of drug-likeness (QED) is 0.871. The van der Waals surface area contributed by atoms with E-state index in [1.54, 1.807) is 34.3 Å². The Balaban J connectivity index is 1.49. The molecule has 0 bridgehead atoms. The predicted molar refractivity (Wildman–Crippen MR) is 101 cm³/mol. The molecular weight excluding hydrogens is 344 g/mol. The zero-order valence-electron chi connectivity index (χ0n) is 16.3. The molecule has 1 unspecified atom stereocenters. The molecule has 0 aromatic carbocycles. The zero-order chi connectivity index (χ0) is 19.6. The molecule has 0 saturated carbocycles. The Bertz CT molecular complexity index is 706. The van der Waals surface area contributed by atoms with Crippen LogP contribution in [0.25, 0.3) is 0 Å². The minimum absolute atomic E-state index is 0.0184. The van der Waals surface area contributed by atoms with Crippen LogP contribution >= 0.6 is 0 Å². The standard InChI is InChI=1S/C20H28N4O3/c1-20(2,3)24-13-15(11-17(24)25)18(26)22-16-6-9-23(10-7-16)19(27)14-5-4-8-21-12-14/h4-5,8,12,15-16H,6-7,9-11,13H2,1-3H3,(H,22,26). The number of pyridine rings is 1.